The van der Waals surface area contributed by atoms with E-state index >= 15 is 0 Å². The molecule has 0 atom stereocenters. The third-order valence-corrected chi connectivity index (χ3v) is 3.95. The fourth-order valence-corrected chi connectivity index (χ4v) is 2.88. The number of hydrogen-bond acceptors (Lipinski definition) is 3. The van der Waals surface area contributed by atoms with Crippen LogP contribution in [-0.4, -0.2) is 35.1 Å². The Balaban J connectivity index is 2.05. The molecule has 2 aromatic carbocycles. The molecule has 0 bridgehead atoms. The monoisotopic (exact) mass is 320 g/mol. The van der Waals surface area contributed by atoms with Crippen LogP contribution in [0.15, 0.2) is 48.5 Å². The SMILES string of the molecule is Cc1cc(C(=O)O)c2cc(-c3ccc(CN(C)C)cc3)ccc2n1. The Bertz CT molecular complexity index is 899. The molecule has 0 fully saturated rings. The lowest BCUT2D eigenvalue weighted by atomic mass is 9.99. The van der Waals surface area contributed by atoms with Crippen LogP contribution in [0.3, 0.4) is 0 Å². The van der Waals surface area contributed by atoms with E-state index in [1.807, 2.05) is 39.2 Å². The minimum atomic E-state index is -0.927. The summed E-state index contributed by atoms with van der Waals surface area (Å²) >= 11 is 0. The molecule has 0 spiro atoms. The number of carboxylic acids is 1. The van der Waals surface area contributed by atoms with Crippen molar-refractivity contribution >= 4 is 16.9 Å². The van der Waals surface area contributed by atoms with Gasteiger partial charge < -0.3 is 10.0 Å². The Hall–Kier alpha value is -2.72. The Kier molecular flexibility index (Phi) is 4.32. The highest BCUT2D eigenvalue weighted by Gasteiger charge is 2.11. The van der Waals surface area contributed by atoms with Crippen molar-refractivity contribution in [1.29, 1.82) is 0 Å². The summed E-state index contributed by atoms with van der Waals surface area (Å²) in [5.74, 6) is -0.927. The van der Waals surface area contributed by atoms with Gasteiger partial charge in [-0.05, 0) is 55.9 Å². The molecule has 0 aliphatic rings. The van der Waals surface area contributed by atoms with Crippen molar-refractivity contribution in [3.63, 3.8) is 0 Å². The van der Waals surface area contributed by atoms with Crippen LogP contribution >= 0.6 is 0 Å². The molecule has 0 radical (unpaired) electrons. The van der Waals surface area contributed by atoms with E-state index in [2.05, 4.69) is 34.1 Å². The lowest BCUT2D eigenvalue weighted by Gasteiger charge is -2.11. The van der Waals surface area contributed by atoms with Crippen molar-refractivity contribution < 1.29 is 9.90 Å². The lowest BCUT2D eigenvalue weighted by Crippen LogP contribution is -2.10. The molecule has 1 heterocycles. The first-order valence-electron chi connectivity index (χ1n) is 7.83. The van der Waals surface area contributed by atoms with E-state index in [4.69, 9.17) is 0 Å². The number of pyridine rings is 1. The average Bonchev–Trinajstić information content (AvgIpc) is 2.53. The van der Waals surface area contributed by atoms with Crippen molar-refractivity contribution in [2.75, 3.05) is 14.1 Å². The molecule has 0 unspecified atom stereocenters. The van der Waals surface area contributed by atoms with E-state index in [9.17, 15) is 9.90 Å². The Labute approximate surface area is 141 Å². The number of aromatic nitrogens is 1. The van der Waals surface area contributed by atoms with Crippen molar-refractivity contribution in [3.8, 4) is 11.1 Å². The molecule has 24 heavy (non-hydrogen) atoms. The summed E-state index contributed by atoms with van der Waals surface area (Å²) in [4.78, 5) is 18.1. The molecule has 122 valence electrons. The number of fused-ring (bicyclic) bond motifs is 1. The summed E-state index contributed by atoms with van der Waals surface area (Å²) in [5.41, 5.74) is 5.01. The van der Waals surface area contributed by atoms with Crippen LogP contribution in [0.5, 0.6) is 0 Å². The van der Waals surface area contributed by atoms with Crippen molar-refractivity contribution in [3.05, 3.63) is 65.4 Å². The predicted molar refractivity (Wildman–Crippen MR) is 96.3 cm³/mol. The highest BCUT2D eigenvalue weighted by molar-refractivity contribution is 6.03. The molecule has 4 nitrogen and oxygen atoms in total. The maximum absolute atomic E-state index is 11.5. The minimum absolute atomic E-state index is 0.295. The first-order chi connectivity index (χ1) is 11.4. The van der Waals surface area contributed by atoms with Crippen LogP contribution < -0.4 is 0 Å². The molecule has 3 rings (SSSR count). The fourth-order valence-electron chi connectivity index (χ4n) is 2.88. The molecule has 1 N–H and O–H groups in total. The molecule has 3 aromatic rings. The second-order valence-electron chi connectivity index (χ2n) is 6.28. The van der Waals surface area contributed by atoms with E-state index in [1.165, 1.54) is 5.56 Å². The van der Waals surface area contributed by atoms with Gasteiger partial charge in [-0.3, -0.25) is 4.98 Å². The Morgan fingerprint density at radius 3 is 2.33 bits per heavy atom. The molecule has 0 amide bonds. The molecule has 0 aliphatic carbocycles. The van der Waals surface area contributed by atoms with Gasteiger partial charge in [0.1, 0.15) is 0 Å². The van der Waals surface area contributed by atoms with Gasteiger partial charge in [-0.15, -0.1) is 0 Å². The fraction of sp³-hybridized carbons (Fsp3) is 0.200. The van der Waals surface area contributed by atoms with Crippen LogP contribution in [0.25, 0.3) is 22.0 Å². The third-order valence-electron chi connectivity index (χ3n) is 3.95. The minimum Gasteiger partial charge on any atom is -0.478 e. The number of hydrogen-bond donors (Lipinski definition) is 1. The number of carboxylic acid groups (broad SMARTS) is 1. The van der Waals surface area contributed by atoms with Gasteiger partial charge in [0.15, 0.2) is 0 Å². The highest BCUT2D eigenvalue weighted by Crippen LogP contribution is 2.27. The van der Waals surface area contributed by atoms with E-state index in [-0.39, 0.29) is 0 Å². The number of aryl methyl sites for hydroxylation is 1. The van der Waals surface area contributed by atoms with Crippen molar-refractivity contribution in [2.45, 2.75) is 13.5 Å². The van der Waals surface area contributed by atoms with Gasteiger partial charge in [0.2, 0.25) is 0 Å². The zero-order valence-corrected chi connectivity index (χ0v) is 14.1. The van der Waals surface area contributed by atoms with Gasteiger partial charge >= 0.3 is 5.97 Å². The van der Waals surface area contributed by atoms with Gasteiger partial charge in [-0.2, -0.15) is 0 Å². The average molecular weight is 320 g/mol. The zero-order valence-electron chi connectivity index (χ0n) is 14.1. The first-order valence-corrected chi connectivity index (χ1v) is 7.83. The van der Waals surface area contributed by atoms with Crippen molar-refractivity contribution in [2.24, 2.45) is 0 Å². The zero-order chi connectivity index (χ0) is 17.3. The summed E-state index contributed by atoms with van der Waals surface area (Å²) in [7, 11) is 4.08. The summed E-state index contributed by atoms with van der Waals surface area (Å²) < 4.78 is 0. The smallest absolute Gasteiger partial charge is 0.336 e. The highest BCUT2D eigenvalue weighted by atomic mass is 16.4. The normalized spacial score (nSPS) is 11.2. The second kappa shape index (κ2) is 6.42. The molecular formula is C20H20N2O2. The first kappa shape index (κ1) is 16.1. The maximum Gasteiger partial charge on any atom is 0.336 e. The number of rotatable bonds is 4. The Morgan fingerprint density at radius 2 is 1.71 bits per heavy atom. The summed E-state index contributed by atoms with van der Waals surface area (Å²) in [6, 6.07) is 15.8. The molecule has 4 heteroatoms. The van der Waals surface area contributed by atoms with Crippen LogP contribution in [0.4, 0.5) is 0 Å². The van der Waals surface area contributed by atoms with Crippen molar-refractivity contribution in [1.82, 2.24) is 9.88 Å². The number of aromatic carboxylic acids is 1. The molecule has 1 aromatic heterocycles. The van der Waals surface area contributed by atoms with E-state index in [0.717, 1.165) is 17.7 Å². The second-order valence-corrected chi connectivity index (χ2v) is 6.28. The lowest BCUT2D eigenvalue weighted by molar-refractivity contribution is 0.0699. The van der Waals surface area contributed by atoms with Crippen LogP contribution in [0, 0.1) is 6.92 Å². The van der Waals surface area contributed by atoms with E-state index in [0.29, 0.717) is 22.2 Å². The number of nitrogens with zero attached hydrogens (tertiary/aromatic N) is 2. The quantitative estimate of drug-likeness (QED) is 0.790. The summed E-state index contributed by atoms with van der Waals surface area (Å²) in [6.07, 6.45) is 0. The summed E-state index contributed by atoms with van der Waals surface area (Å²) in [5, 5.41) is 10.1. The van der Waals surface area contributed by atoms with Gasteiger partial charge in [-0.25, -0.2) is 4.79 Å². The topological polar surface area (TPSA) is 53.4 Å². The molecule has 0 saturated heterocycles. The maximum atomic E-state index is 11.5. The number of carbonyl (C=O) groups is 1. The van der Waals surface area contributed by atoms with Crippen LogP contribution in [0.2, 0.25) is 0 Å². The molecule has 0 aliphatic heterocycles. The predicted octanol–water partition coefficient (Wildman–Crippen LogP) is 3.97. The Morgan fingerprint density at radius 1 is 1.04 bits per heavy atom. The molecular weight excluding hydrogens is 300 g/mol. The van der Waals surface area contributed by atoms with Crippen LogP contribution in [-0.2, 0) is 6.54 Å². The van der Waals surface area contributed by atoms with Gasteiger partial charge in [0, 0.05) is 17.6 Å². The summed E-state index contributed by atoms with van der Waals surface area (Å²) in [6.45, 7) is 2.70. The largest absolute Gasteiger partial charge is 0.478 e. The van der Waals surface area contributed by atoms with Gasteiger partial charge in [0.05, 0.1) is 11.1 Å². The van der Waals surface area contributed by atoms with E-state index < -0.39 is 5.97 Å². The number of benzene rings is 2. The van der Waals surface area contributed by atoms with Crippen LogP contribution in [0.1, 0.15) is 21.6 Å². The third kappa shape index (κ3) is 3.29. The standard InChI is InChI=1S/C20H20N2O2/c1-13-10-18(20(23)24)17-11-16(8-9-19(17)21-13)15-6-4-14(5-7-15)12-22(2)3/h4-11H,12H2,1-3H3,(H,23,24). The van der Waals surface area contributed by atoms with Gasteiger partial charge in [0.25, 0.3) is 0 Å². The molecule has 0 saturated carbocycles. The van der Waals surface area contributed by atoms with E-state index in [1.54, 1.807) is 6.07 Å². The van der Waals surface area contributed by atoms with Gasteiger partial charge in [-0.1, -0.05) is 30.3 Å².